The molecule has 2 aliphatic rings. The van der Waals surface area contributed by atoms with Crippen molar-refractivity contribution in [1.29, 1.82) is 0 Å². The number of hydrogen-bond donors (Lipinski definition) is 1. The number of nitrogens with one attached hydrogen (secondary N) is 1. The number of rotatable bonds is 5. The van der Waals surface area contributed by atoms with Gasteiger partial charge in [-0.05, 0) is 47.9 Å². The second-order valence-corrected chi connectivity index (χ2v) is 7.95. The van der Waals surface area contributed by atoms with Crippen molar-refractivity contribution in [2.45, 2.75) is 13.3 Å². The Labute approximate surface area is 159 Å². The predicted molar refractivity (Wildman–Crippen MR) is 99.4 cm³/mol. The van der Waals surface area contributed by atoms with Crippen LogP contribution in [0.1, 0.15) is 18.9 Å². The van der Waals surface area contributed by atoms with E-state index in [-0.39, 0.29) is 36.1 Å². The van der Waals surface area contributed by atoms with Gasteiger partial charge in [0.05, 0.1) is 4.91 Å². The summed E-state index contributed by atoms with van der Waals surface area (Å²) in [5.74, 6) is 0.101. The highest BCUT2D eigenvalue weighted by Gasteiger charge is 2.39. The minimum Gasteiger partial charge on any atom is -0.354 e. The molecule has 3 rings (SSSR count). The second kappa shape index (κ2) is 7.40. The molecule has 1 N–H and O–H groups in total. The Morgan fingerprint density at radius 3 is 2.76 bits per heavy atom. The molecule has 5 nitrogen and oxygen atoms in total. The van der Waals surface area contributed by atoms with Crippen LogP contribution in [0.2, 0.25) is 10.0 Å². The van der Waals surface area contributed by atoms with Gasteiger partial charge in [-0.15, -0.1) is 0 Å². The Bertz CT molecular complexity index is 781. The van der Waals surface area contributed by atoms with Crippen molar-refractivity contribution in [1.82, 2.24) is 10.2 Å². The summed E-state index contributed by atoms with van der Waals surface area (Å²) in [6, 6.07) is 4.93. The molecule has 3 amide bonds. The zero-order valence-electron chi connectivity index (χ0n) is 13.4. The summed E-state index contributed by atoms with van der Waals surface area (Å²) in [6.07, 6.45) is 2.48. The Morgan fingerprint density at radius 1 is 1.40 bits per heavy atom. The number of benzene rings is 1. The molecule has 1 saturated heterocycles. The van der Waals surface area contributed by atoms with Crippen molar-refractivity contribution in [3.8, 4) is 0 Å². The molecule has 2 atom stereocenters. The van der Waals surface area contributed by atoms with Gasteiger partial charge in [0, 0.05) is 29.1 Å². The van der Waals surface area contributed by atoms with Gasteiger partial charge < -0.3 is 5.32 Å². The second-order valence-electron chi connectivity index (χ2n) is 6.11. The van der Waals surface area contributed by atoms with Crippen molar-refractivity contribution < 1.29 is 14.4 Å². The van der Waals surface area contributed by atoms with Crippen LogP contribution in [0, 0.1) is 11.8 Å². The largest absolute Gasteiger partial charge is 0.354 e. The van der Waals surface area contributed by atoms with Gasteiger partial charge in [0.15, 0.2) is 0 Å². The van der Waals surface area contributed by atoms with Gasteiger partial charge in [-0.2, -0.15) is 0 Å². The van der Waals surface area contributed by atoms with Crippen LogP contribution in [0.4, 0.5) is 4.79 Å². The lowest BCUT2D eigenvalue weighted by Crippen LogP contribution is -2.37. The average Bonchev–Trinajstić information content (AvgIpc) is 3.23. The molecule has 1 aromatic carbocycles. The van der Waals surface area contributed by atoms with Gasteiger partial charge in [0.2, 0.25) is 5.91 Å². The van der Waals surface area contributed by atoms with Crippen LogP contribution in [-0.4, -0.2) is 35.0 Å². The minimum atomic E-state index is -0.380. The summed E-state index contributed by atoms with van der Waals surface area (Å²) >= 11 is 12.8. The number of imide groups is 1. The molecule has 1 aliphatic carbocycles. The molecular formula is C17H16Cl2N2O3S. The topological polar surface area (TPSA) is 66.5 Å². The van der Waals surface area contributed by atoms with Crippen LogP contribution < -0.4 is 5.32 Å². The number of nitrogens with zero attached hydrogens (tertiary/aromatic N) is 1. The van der Waals surface area contributed by atoms with E-state index in [1.165, 1.54) is 0 Å². The number of thioether (sulfide) groups is 1. The molecular weight excluding hydrogens is 383 g/mol. The Hall–Kier alpha value is -1.50. The van der Waals surface area contributed by atoms with E-state index in [0.29, 0.717) is 26.4 Å². The fourth-order valence-corrected chi connectivity index (χ4v) is 3.88. The summed E-state index contributed by atoms with van der Waals surface area (Å²) in [5.41, 5.74) is 0.618. The maximum Gasteiger partial charge on any atom is 0.293 e. The summed E-state index contributed by atoms with van der Waals surface area (Å²) in [5, 5.41) is 3.33. The smallest absolute Gasteiger partial charge is 0.293 e. The molecule has 1 heterocycles. The maximum atomic E-state index is 12.4. The third-order valence-electron chi connectivity index (χ3n) is 4.20. The lowest BCUT2D eigenvalue weighted by atomic mass is 10.2. The fraction of sp³-hybridized carbons (Fsp3) is 0.353. The van der Waals surface area contributed by atoms with Crippen LogP contribution in [0.5, 0.6) is 0 Å². The van der Waals surface area contributed by atoms with Gasteiger partial charge in [-0.3, -0.25) is 19.3 Å². The first kappa shape index (κ1) is 18.3. The molecule has 132 valence electrons. The predicted octanol–water partition coefficient (Wildman–Crippen LogP) is 3.80. The summed E-state index contributed by atoms with van der Waals surface area (Å²) in [4.78, 5) is 37.7. The van der Waals surface area contributed by atoms with E-state index in [1.807, 2.05) is 6.92 Å². The monoisotopic (exact) mass is 398 g/mol. The van der Waals surface area contributed by atoms with E-state index < -0.39 is 0 Å². The summed E-state index contributed by atoms with van der Waals surface area (Å²) < 4.78 is 0. The van der Waals surface area contributed by atoms with Crippen LogP contribution in [0.3, 0.4) is 0 Å². The standard InChI is InChI=1S/C17H16Cl2N2O3S/c1-9-6-12(9)15(22)20-4-5-21-16(23)14(25-17(21)24)7-10-2-3-11(18)8-13(10)19/h2-3,7-9,12H,4-6H2,1H3,(H,20,22)/b14-7-. The number of halogens is 2. The van der Waals surface area contributed by atoms with E-state index in [1.54, 1.807) is 24.3 Å². The zero-order chi connectivity index (χ0) is 18.1. The fourth-order valence-electron chi connectivity index (χ4n) is 2.56. The lowest BCUT2D eigenvalue weighted by molar-refractivity contribution is -0.125. The number of carbonyl (C=O) groups is 3. The molecule has 2 unspecified atom stereocenters. The third-order valence-corrected chi connectivity index (χ3v) is 5.67. The SMILES string of the molecule is CC1CC1C(=O)NCCN1C(=O)S/C(=C\c2ccc(Cl)cc2Cl)C1=O. The molecule has 1 saturated carbocycles. The maximum absolute atomic E-state index is 12.4. The minimum absolute atomic E-state index is 0.0111. The first-order chi connectivity index (χ1) is 11.9. The van der Waals surface area contributed by atoms with E-state index >= 15 is 0 Å². The van der Waals surface area contributed by atoms with Crippen molar-refractivity contribution in [3.63, 3.8) is 0 Å². The number of carbonyl (C=O) groups excluding carboxylic acids is 3. The molecule has 1 aromatic rings. The quantitative estimate of drug-likeness (QED) is 0.765. The molecule has 0 spiro atoms. The highest BCUT2D eigenvalue weighted by molar-refractivity contribution is 8.18. The van der Waals surface area contributed by atoms with Crippen LogP contribution in [0.15, 0.2) is 23.1 Å². The summed E-state index contributed by atoms with van der Waals surface area (Å²) in [7, 11) is 0. The van der Waals surface area contributed by atoms with E-state index in [4.69, 9.17) is 23.2 Å². The van der Waals surface area contributed by atoms with Crippen LogP contribution in [-0.2, 0) is 9.59 Å². The molecule has 0 radical (unpaired) electrons. The zero-order valence-corrected chi connectivity index (χ0v) is 15.7. The molecule has 1 aliphatic heterocycles. The number of hydrogen-bond acceptors (Lipinski definition) is 4. The van der Waals surface area contributed by atoms with Crippen molar-refractivity contribution in [3.05, 3.63) is 38.7 Å². The number of amides is 3. The van der Waals surface area contributed by atoms with Crippen LogP contribution >= 0.6 is 35.0 Å². The first-order valence-corrected chi connectivity index (χ1v) is 9.42. The van der Waals surface area contributed by atoms with Crippen molar-refractivity contribution >= 4 is 58.1 Å². The van der Waals surface area contributed by atoms with E-state index in [9.17, 15) is 14.4 Å². The summed E-state index contributed by atoms with van der Waals surface area (Å²) in [6.45, 7) is 2.44. The highest BCUT2D eigenvalue weighted by atomic mass is 35.5. The highest BCUT2D eigenvalue weighted by Crippen LogP contribution is 2.37. The van der Waals surface area contributed by atoms with E-state index in [2.05, 4.69) is 5.32 Å². The molecule has 0 aromatic heterocycles. The van der Waals surface area contributed by atoms with Gasteiger partial charge in [0.1, 0.15) is 0 Å². The molecule has 0 bridgehead atoms. The van der Waals surface area contributed by atoms with Gasteiger partial charge in [0.25, 0.3) is 11.1 Å². The Morgan fingerprint density at radius 2 is 2.12 bits per heavy atom. The van der Waals surface area contributed by atoms with Crippen molar-refractivity contribution in [2.75, 3.05) is 13.1 Å². The molecule has 25 heavy (non-hydrogen) atoms. The van der Waals surface area contributed by atoms with Gasteiger partial charge in [-0.1, -0.05) is 36.2 Å². The van der Waals surface area contributed by atoms with Gasteiger partial charge in [-0.25, -0.2) is 0 Å². The Kier molecular flexibility index (Phi) is 5.41. The Balaban J connectivity index is 1.61. The van der Waals surface area contributed by atoms with Crippen molar-refractivity contribution in [2.24, 2.45) is 11.8 Å². The van der Waals surface area contributed by atoms with Crippen LogP contribution in [0.25, 0.3) is 6.08 Å². The molecule has 2 fully saturated rings. The van der Waals surface area contributed by atoms with Gasteiger partial charge >= 0.3 is 0 Å². The first-order valence-electron chi connectivity index (χ1n) is 7.85. The third kappa shape index (κ3) is 4.19. The van der Waals surface area contributed by atoms with E-state index in [0.717, 1.165) is 23.1 Å². The lowest BCUT2D eigenvalue weighted by Gasteiger charge is -2.12. The molecule has 8 heteroatoms. The normalized spacial score (nSPS) is 24.1. The average molecular weight is 399 g/mol.